The molecule has 31 heavy (non-hydrogen) atoms. The Balaban J connectivity index is 0.00000136. The highest BCUT2D eigenvalue weighted by atomic mass is 35.5. The molecule has 5 heterocycles. The van der Waals surface area contributed by atoms with Gasteiger partial charge in [0.25, 0.3) is 0 Å². The average molecular weight is 487 g/mol. The number of thiophene rings is 1. The smallest absolute Gasteiger partial charge is 0.241 e. The second kappa shape index (κ2) is 9.97. The Morgan fingerprint density at radius 2 is 2.03 bits per heavy atom. The molecule has 0 aliphatic carbocycles. The molecule has 170 valence electrons. The summed E-state index contributed by atoms with van der Waals surface area (Å²) in [6, 6.07) is 2.10. The van der Waals surface area contributed by atoms with Gasteiger partial charge in [-0.1, -0.05) is 0 Å². The monoisotopic (exact) mass is 486 g/mol. The molecule has 1 atom stereocenters. The van der Waals surface area contributed by atoms with Crippen LogP contribution in [0.5, 0.6) is 0 Å². The second-order valence-electron chi connectivity index (χ2n) is 7.90. The van der Waals surface area contributed by atoms with Gasteiger partial charge in [-0.25, -0.2) is 9.97 Å². The Hall–Kier alpha value is -1.49. The van der Waals surface area contributed by atoms with Crippen LogP contribution in [0.2, 0.25) is 0 Å². The molecule has 0 aromatic carbocycles. The molecular formula is C20H28Cl2N6O2S. The van der Waals surface area contributed by atoms with Crippen molar-refractivity contribution in [1.29, 1.82) is 0 Å². The van der Waals surface area contributed by atoms with Crippen LogP contribution < -0.4 is 16.4 Å². The third-order valence-corrected chi connectivity index (χ3v) is 7.37. The largest absolute Gasteiger partial charge is 0.382 e. The highest BCUT2D eigenvalue weighted by Crippen LogP contribution is 2.46. The first-order chi connectivity index (χ1) is 14.1. The zero-order valence-corrected chi connectivity index (χ0v) is 19.6. The number of aromatic nitrogens is 2. The van der Waals surface area contributed by atoms with Crippen molar-refractivity contribution in [2.45, 2.75) is 30.9 Å². The van der Waals surface area contributed by atoms with Crippen molar-refractivity contribution in [2.75, 3.05) is 45.1 Å². The molecule has 4 N–H and O–H groups in total. The number of amides is 1. The summed E-state index contributed by atoms with van der Waals surface area (Å²) in [7, 11) is 0. The van der Waals surface area contributed by atoms with Gasteiger partial charge in [0.2, 0.25) is 5.91 Å². The molecule has 11 heteroatoms. The number of hydrogen-bond acceptors (Lipinski definition) is 8. The molecule has 2 aromatic rings. The molecule has 5 rings (SSSR count). The predicted octanol–water partition coefficient (Wildman–Crippen LogP) is 1.58. The molecule has 1 spiro atoms. The molecular weight excluding hydrogens is 459 g/mol. The number of piperazine rings is 1. The Bertz CT molecular complexity index is 896. The van der Waals surface area contributed by atoms with Crippen molar-refractivity contribution in [3.63, 3.8) is 0 Å². The van der Waals surface area contributed by atoms with Gasteiger partial charge in [-0.3, -0.25) is 4.79 Å². The van der Waals surface area contributed by atoms with Crippen LogP contribution in [0.25, 0.3) is 10.6 Å². The van der Waals surface area contributed by atoms with Crippen molar-refractivity contribution in [1.82, 2.24) is 25.5 Å². The lowest BCUT2D eigenvalue weighted by Crippen LogP contribution is -2.58. The summed E-state index contributed by atoms with van der Waals surface area (Å²) in [6.45, 7) is 4.64. The zero-order chi connectivity index (χ0) is 19.8. The van der Waals surface area contributed by atoms with E-state index in [1.165, 1.54) is 10.4 Å². The van der Waals surface area contributed by atoms with Crippen molar-refractivity contribution >= 4 is 47.9 Å². The number of likely N-dealkylation sites (tertiary alicyclic amines) is 1. The van der Waals surface area contributed by atoms with Crippen molar-refractivity contribution in [3.8, 4) is 10.6 Å². The fraction of sp³-hybridized carbons (Fsp3) is 0.550. The Morgan fingerprint density at radius 3 is 2.71 bits per heavy atom. The van der Waals surface area contributed by atoms with E-state index in [1.807, 2.05) is 4.90 Å². The van der Waals surface area contributed by atoms with Crippen LogP contribution in [-0.2, 0) is 21.6 Å². The average Bonchev–Trinajstić information content (AvgIpc) is 3.21. The first-order valence-electron chi connectivity index (χ1n) is 10.2. The minimum absolute atomic E-state index is 0. The van der Waals surface area contributed by atoms with E-state index in [0.29, 0.717) is 12.4 Å². The number of nitrogens with one attached hydrogen (secondary N) is 2. The topological polar surface area (TPSA) is 105 Å². The van der Waals surface area contributed by atoms with Gasteiger partial charge in [0.1, 0.15) is 5.82 Å². The number of nitrogen functional groups attached to an aromatic ring is 1. The highest BCUT2D eigenvalue weighted by molar-refractivity contribution is 7.15. The van der Waals surface area contributed by atoms with Gasteiger partial charge in [0.15, 0.2) is 0 Å². The molecule has 8 nitrogen and oxygen atoms in total. The second-order valence-corrected chi connectivity index (χ2v) is 9.04. The van der Waals surface area contributed by atoms with Gasteiger partial charge in [-0.15, -0.1) is 36.2 Å². The summed E-state index contributed by atoms with van der Waals surface area (Å²) in [5.41, 5.74) is 7.50. The van der Waals surface area contributed by atoms with E-state index >= 15 is 0 Å². The molecule has 0 saturated carbocycles. The quantitative estimate of drug-likeness (QED) is 0.591. The standard InChI is InChI=1S/C20H26N6O2S.2ClH/c21-18-12-24-14(11-25-18)17-9-13-16(29-17)1-8-28-20(13)2-6-26(7-3-20)19(27)15-10-22-4-5-23-15;;/h9,11-12,15,22-23H,1-8,10H2,(H2,21,25);2*1H/t15-;;/m0../s1. The highest BCUT2D eigenvalue weighted by Gasteiger charge is 2.43. The van der Waals surface area contributed by atoms with E-state index in [2.05, 4.69) is 26.7 Å². The first kappa shape index (κ1) is 24.2. The Morgan fingerprint density at radius 1 is 1.23 bits per heavy atom. The van der Waals surface area contributed by atoms with Crippen molar-refractivity contribution in [2.24, 2.45) is 0 Å². The molecule has 2 saturated heterocycles. The number of anilines is 1. The number of rotatable bonds is 2. The number of carbonyl (C=O) groups excluding carboxylic acids is 1. The van der Waals surface area contributed by atoms with Crippen LogP contribution in [0.4, 0.5) is 5.82 Å². The molecule has 3 aliphatic rings. The summed E-state index contributed by atoms with van der Waals surface area (Å²) in [5, 5.41) is 6.62. The van der Waals surface area contributed by atoms with E-state index in [9.17, 15) is 4.79 Å². The summed E-state index contributed by atoms with van der Waals surface area (Å²) in [5.74, 6) is 0.626. The molecule has 2 aromatic heterocycles. The summed E-state index contributed by atoms with van der Waals surface area (Å²) >= 11 is 1.77. The summed E-state index contributed by atoms with van der Waals surface area (Å²) in [4.78, 5) is 25.9. The minimum atomic E-state index is -0.293. The first-order valence-corrected chi connectivity index (χ1v) is 11.0. The third-order valence-electron chi connectivity index (χ3n) is 6.15. The predicted molar refractivity (Wildman–Crippen MR) is 126 cm³/mol. The fourth-order valence-electron chi connectivity index (χ4n) is 4.56. The lowest BCUT2D eigenvalue weighted by Gasteiger charge is -2.44. The van der Waals surface area contributed by atoms with Crippen molar-refractivity contribution in [3.05, 3.63) is 28.9 Å². The van der Waals surface area contributed by atoms with E-state index in [-0.39, 0.29) is 42.4 Å². The van der Waals surface area contributed by atoms with Crippen LogP contribution in [0.1, 0.15) is 23.3 Å². The number of piperidine rings is 1. The van der Waals surface area contributed by atoms with E-state index in [1.54, 1.807) is 23.7 Å². The van der Waals surface area contributed by atoms with Gasteiger partial charge in [0, 0.05) is 44.0 Å². The Labute approximate surface area is 198 Å². The molecule has 0 unspecified atom stereocenters. The number of halogens is 2. The number of carbonyl (C=O) groups is 1. The van der Waals surface area contributed by atoms with Crippen LogP contribution in [-0.4, -0.2) is 66.1 Å². The summed E-state index contributed by atoms with van der Waals surface area (Å²) in [6.07, 6.45) is 5.90. The third kappa shape index (κ3) is 4.67. The molecule has 0 bridgehead atoms. The lowest BCUT2D eigenvalue weighted by atomic mass is 9.82. The maximum absolute atomic E-state index is 12.8. The molecule has 3 aliphatic heterocycles. The SMILES string of the molecule is Cl.Cl.Nc1cnc(-c2cc3c(s2)CCOC32CCN(C(=O)[C@@H]3CNCCN3)CC2)cn1. The normalized spacial score (nSPS) is 22.2. The zero-order valence-electron chi connectivity index (χ0n) is 17.1. The van der Waals surface area contributed by atoms with E-state index in [4.69, 9.17) is 10.5 Å². The molecule has 2 fully saturated rings. The van der Waals surface area contributed by atoms with Crippen LogP contribution in [0.15, 0.2) is 18.5 Å². The van der Waals surface area contributed by atoms with Gasteiger partial charge in [-0.2, -0.15) is 0 Å². The number of fused-ring (bicyclic) bond motifs is 2. The van der Waals surface area contributed by atoms with Crippen molar-refractivity contribution < 1.29 is 9.53 Å². The van der Waals surface area contributed by atoms with E-state index in [0.717, 1.165) is 62.6 Å². The van der Waals surface area contributed by atoms with Crippen LogP contribution in [0, 0.1) is 0 Å². The number of hydrogen-bond donors (Lipinski definition) is 3. The molecule has 0 radical (unpaired) electrons. The lowest BCUT2D eigenvalue weighted by molar-refractivity contribution is -0.142. The van der Waals surface area contributed by atoms with E-state index < -0.39 is 0 Å². The number of nitrogens with zero attached hydrogens (tertiary/aromatic N) is 3. The summed E-state index contributed by atoms with van der Waals surface area (Å²) < 4.78 is 6.36. The minimum Gasteiger partial charge on any atom is -0.382 e. The van der Waals surface area contributed by atoms with Gasteiger partial charge < -0.3 is 26.0 Å². The van der Waals surface area contributed by atoms with Gasteiger partial charge in [-0.05, 0) is 24.5 Å². The van der Waals surface area contributed by atoms with Crippen LogP contribution >= 0.6 is 36.2 Å². The number of ether oxygens (including phenoxy) is 1. The maximum atomic E-state index is 12.8. The Kier molecular flexibility index (Phi) is 7.77. The molecule has 1 amide bonds. The fourth-order valence-corrected chi connectivity index (χ4v) is 5.75. The van der Waals surface area contributed by atoms with Gasteiger partial charge in [0.05, 0.1) is 41.2 Å². The van der Waals surface area contributed by atoms with Gasteiger partial charge >= 0.3 is 0 Å². The number of nitrogens with two attached hydrogens (primary N) is 1. The maximum Gasteiger partial charge on any atom is 0.241 e. The van der Waals surface area contributed by atoms with Crippen LogP contribution in [0.3, 0.4) is 0 Å².